The van der Waals surface area contributed by atoms with Crippen molar-refractivity contribution in [3.8, 4) is 0 Å². The van der Waals surface area contributed by atoms with Crippen LogP contribution in [0.15, 0.2) is 59.2 Å². The molecule has 0 saturated carbocycles. The van der Waals surface area contributed by atoms with Crippen LogP contribution in [0.25, 0.3) is 11.0 Å². The van der Waals surface area contributed by atoms with Crippen LogP contribution in [0.1, 0.15) is 5.56 Å². The van der Waals surface area contributed by atoms with Gasteiger partial charge in [0.15, 0.2) is 0 Å². The van der Waals surface area contributed by atoms with Crippen molar-refractivity contribution in [2.75, 3.05) is 17.6 Å². The van der Waals surface area contributed by atoms with Gasteiger partial charge >= 0.3 is 0 Å². The van der Waals surface area contributed by atoms with Gasteiger partial charge in [-0.05, 0) is 30.2 Å². The van der Waals surface area contributed by atoms with E-state index in [0.29, 0.717) is 0 Å². The Bertz CT molecular complexity index is 688. The molecule has 0 radical (unpaired) electrons. The van der Waals surface area contributed by atoms with Gasteiger partial charge < -0.3 is 15.5 Å². The average Bonchev–Trinajstić information content (AvgIpc) is 2.85. The molecule has 3 aromatic rings. The Morgan fingerprint density at radius 3 is 2.68 bits per heavy atom. The van der Waals surface area contributed by atoms with Crippen LogP contribution in [0.2, 0.25) is 0 Å². The van der Waals surface area contributed by atoms with Crippen molar-refractivity contribution in [1.82, 2.24) is 0 Å². The van der Waals surface area contributed by atoms with E-state index in [1.165, 1.54) is 10.9 Å². The van der Waals surface area contributed by atoms with Crippen LogP contribution in [0.3, 0.4) is 0 Å². The molecule has 0 saturated heterocycles. The summed E-state index contributed by atoms with van der Waals surface area (Å²) >= 11 is 0. The highest BCUT2D eigenvalue weighted by molar-refractivity contribution is 5.80. The van der Waals surface area contributed by atoms with Gasteiger partial charge in [0.25, 0.3) is 0 Å². The predicted octanol–water partition coefficient (Wildman–Crippen LogP) is 3.67. The second-order valence-corrected chi connectivity index (χ2v) is 4.52. The Hall–Kier alpha value is -2.42. The topological polar surface area (TPSA) is 51.2 Å². The number of furan rings is 1. The zero-order valence-electron chi connectivity index (χ0n) is 10.6. The van der Waals surface area contributed by atoms with E-state index < -0.39 is 0 Å². The highest BCUT2D eigenvalue weighted by Crippen LogP contribution is 2.22. The summed E-state index contributed by atoms with van der Waals surface area (Å²) in [5.41, 5.74) is 9.81. The molecule has 0 bridgehead atoms. The van der Waals surface area contributed by atoms with Gasteiger partial charge in [0.1, 0.15) is 5.58 Å². The van der Waals surface area contributed by atoms with E-state index in [1.807, 2.05) is 48.7 Å². The van der Waals surface area contributed by atoms with E-state index in [9.17, 15) is 0 Å². The van der Waals surface area contributed by atoms with Crippen LogP contribution in [0.4, 0.5) is 11.4 Å². The largest absolute Gasteiger partial charge is 0.464 e. The summed E-state index contributed by atoms with van der Waals surface area (Å²) < 4.78 is 5.52. The van der Waals surface area contributed by atoms with E-state index >= 15 is 0 Å². The molecule has 19 heavy (non-hydrogen) atoms. The number of fused-ring (bicyclic) bond motifs is 1. The first-order valence-corrected chi connectivity index (χ1v) is 6.38. The highest BCUT2D eigenvalue weighted by Gasteiger charge is 2.04. The summed E-state index contributed by atoms with van der Waals surface area (Å²) in [4.78, 5) is 0. The molecular weight excluding hydrogens is 236 g/mol. The SMILES string of the molecule is Nc1ccccc1NCCc1coc2ccccc12. The molecule has 3 rings (SSSR count). The molecule has 2 aromatic carbocycles. The third-order valence-electron chi connectivity index (χ3n) is 3.23. The number of hydrogen-bond donors (Lipinski definition) is 2. The fraction of sp³-hybridized carbons (Fsp3) is 0.125. The number of benzene rings is 2. The van der Waals surface area contributed by atoms with Gasteiger partial charge in [0.2, 0.25) is 0 Å². The van der Waals surface area contributed by atoms with Crippen molar-refractivity contribution in [3.05, 3.63) is 60.4 Å². The minimum atomic E-state index is 0.777. The van der Waals surface area contributed by atoms with Crippen molar-refractivity contribution >= 4 is 22.3 Å². The Kier molecular flexibility index (Phi) is 3.11. The lowest BCUT2D eigenvalue weighted by Gasteiger charge is -2.08. The average molecular weight is 252 g/mol. The van der Waals surface area contributed by atoms with Crippen molar-refractivity contribution in [2.45, 2.75) is 6.42 Å². The number of anilines is 2. The van der Waals surface area contributed by atoms with E-state index in [1.54, 1.807) is 0 Å². The molecule has 0 atom stereocenters. The molecule has 0 fully saturated rings. The van der Waals surface area contributed by atoms with Gasteiger partial charge in [-0.25, -0.2) is 0 Å². The zero-order valence-corrected chi connectivity index (χ0v) is 10.6. The first kappa shape index (κ1) is 11.7. The molecule has 0 unspecified atom stereocenters. The van der Waals surface area contributed by atoms with Gasteiger partial charge in [-0.3, -0.25) is 0 Å². The van der Waals surface area contributed by atoms with E-state index in [2.05, 4.69) is 11.4 Å². The Labute approximate surface area is 112 Å². The van der Waals surface area contributed by atoms with Crippen LogP contribution in [-0.4, -0.2) is 6.54 Å². The Morgan fingerprint density at radius 2 is 1.79 bits per heavy atom. The summed E-state index contributed by atoms with van der Waals surface area (Å²) in [6, 6.07) is 15.9. The molecule has 96 valence electrons. The number of rotatable bonds is 4. The summed E-state index contributed by atoms with van der Waals surface area (Å²) in [5.74, 6) is 0. The Balaban J connectivity index is 1.68. The number of para-hydroxylation sites is 3. The molecule has 0 aliphatic heterocycles. The maximum absolute atomic E-state index is 5.89. The van der Waals surface area contributed by atoms with Crippen molar-refractivity contribution < 1.29 is 4.42 Å². The predicted molar refractivity (Wildman–Crippen MR) is 79.3 cm³/mol. The third kappa shape index (κ3) is 2.40. The molecule has 3 nitrogen and oxygen atoms in total. The van der Waals surface area contributed by atoms with E-state index in [0.717, 1.165) is 29.9 Å². The molecular formula is C16H16N2O. The Morgan fingerprint density at radius 1 is 1.00 bits per heavy atom. The maximum atomic E-state index is 5.89. The third-order valence-corrected chi connectivity index (χ3v) is 3.23. The maximum Gasteiger partial charge on any atom is 0.134 e. The second-order valence-electron chi connectivity index (χ2n) is 4.52. The van der Waals surface area contributed by atoms with Gasteiger partial charge in [-0.2, -0.15) is 0 Å². The first-order valence-electron chi connectivity index (χ1n) is 6.38. The number of nitrogens with one attached hydrogen (secondary N) is 1. The molecule has 0 aliphatic carbocycles. The quantitative estimate of drug-likeness (QED) is 0.696. The molecule has 0 spiro atoms. The number of hydrogen-bond acceptors (Lipinski definition) is 3. The van der Waals surface area contributed by atoms with Crippen LogP contribution in [0, 0.1) is 0 Å². The van der Waals surface area contributed by atoms with E-state index in [4.69, 9.17) is 10.2 Å². The molecule has 0 amide bonds. The lowest BCUT2D eigenvalue weighted by molar-refractivity contribution is 0.610. The first-order chi connectivity index (χ1) is 9.34. The molecule has 0 aliphatic rings. The van der Waals surface area contributed by atoms with Crippen LogP contribution < -0.4 is 11.1 Å². The minimum Gasteiger partial charge on any atom is -0.464 e. The fourth-order valence-electron chi connectivity index (χ4n) is 2.22. The summed E-state index contributed by atoms with van der Waals surface area (Å²) in [6.07, 6.45) is 2.74. The van der Waals surface area contributed by atoms with Gasteiger partial charge in [0, 0.05) is 11.9 Å². The molecule has 3 N–H and O–H groups in total. The van der Waals surface area contributed by atoms with Crippen molar-refractivity contribution in [1.29, 1.82) is 0 Å². The standard InChI is InChI=1S/C16H16N2O/c17-14-6-2-3-7-15(14)18-10-9-12-11-19-16-8-4-1-5-13(12)16/h1-8,11,18H,9-10,17H2. The van der Waals surface area contributed by atoms with E-state index in [-0.39, 0.29) is 0 Å². The number of nitrogen functional groups attached to an aromatic ring is 1. The number of nitrogens with two attached hydrogens (primary N) is 1. The fourth-order valence-corrected chi connectivity index (χ4v) is 2.22. The second kappa shape index (κ2) is 5.06. The monoisotopic (exact) mass is 252 g/mol. The molecule has 1 aromatic heterocycles. The van der Waals surface area contributed by atoms with Crippen molar-refractivity contribution in [3.63, 3.8) is 0 Å². The molecule has 1 heterocycles. The smallest absolute Gasteiger partial charge is 0.134 e. The van der Waals surface area contributed by atoms with Crippen LogP contribution >= 0.6 is 0 Å². The lowest BCUT2D eigenvalue weighted by atomic mass is 10.1. The lowest BCUT2D eigenvalue weighted by Crippen LogP contribution is -2.06. The van der Waals surface area contributed by atoms with Crippen LogP contribution in [0.5, 0.6) is 0 Å². The van der Waals surface area contributed by atoms with Gasteiger partial charge in [-0.15, -0.1) is 0 Å². The normalized spacial score (nSPS) is 10.7. The summed E-state index contributed by atoms with van der Waals surface area (Å²) in [6.45, 7) is 0.831. The summed E-state index contributed by atoms with van der Waals surface area (Å²) in [5, 5.41) is 4.53. The van der Waals surface area contributed by atoms with Gasteiger partial charge in [-0.1, -0.05) is 30.3 Å². The minimum absolute atomic E-state index is 0.777. The molecule has 3 heteroatoms. The van der Waals surface area contributed by atoms with Gasteiger partial charge in [0.05, 0.1) is 17.6 Å². The zero-order chi connectivity index (χ0) is 13.1. The van der Waals surface area contributed by atoms with Crippen molar-refractivity contribution in [2.24, 2.45) is 0 Å². The van der Waals surface area contributed by atoms with Crippen LogP contribution in [-0.2, 0) is 6.42 Å². The summed E-state index contributed by atoms with van der Waals surface area (Å²) in [7, 11) is 0. The highest BCUT2D eigenvalue weighted by atomic mass is 16.3.